The minimum atomic E-state index is 0.533. The summed E-state index contributed by atoms with van der Waals surface area (Å²) in [6, 6.07) is 0. The topological polar surface area (TPSA) is 15.3 Å². The van der Waals surface area contributed by atoms with E-state index in [0.29, 0.717) is 5.41 Å². The average molecular weight is 184 g/mol. The van der Waals surface area contributed by atoms with Gasteiger partial charge in [-0.05, 0) is 37.9 Å². The molecule has 13 heavy (non-hydrogen) atoms. The molecule has 1 aliphatic rings. The van der Waals surface area contributed by atoms with Gasteiger partial charge in [0.15, 0.2) is 0 Å². The van der Waals surface area contributed by atoms with E-state index < -0.39 is 0 Å². The van der Waals surface area contributed by atoms with Crippen molar-refractivity contribution in [3.8, 4) is 0 Å². The van der Waals surface area contributed by atoms with Crippen LogP contribution < -0.4 is 5.32 Å². The molecule has 1 fully saturated rings. The summed E-state index contributed by atoms with van der Waals surface area (Å²) in [7, 11) is 0. The first kappa shape index (κ1) is 11.0. The molecule has 0 bridgehead atoms. The van der Waals surface area contributed by atoms with Crippen LogP contribution >= 0.6 is 0 Å². The maximum absolute atomic E-state index is 3.46. The molecule has 0 radical (unpaired) electrons. The number of nitrogens with one attached hydrogen (secondary N) is 1. The second-order valence-corrected chi connectivity index (χ2v) is 4.61. The molecule has 78 valence electrons. The molecule has 1 N–H and O–H groups in total. The molecule has 0 aromatic carbocycles. The van der Waals surface area contributed by atoms with Crippen LogP contribution in [0.3, 0.4) is 0 Å². The van der Waals surface area contributed by atoms with Gasteiger partial charge in [-0.2, -0.15) is 0 Å². The molecule has 0 saturated carbocycles. The van der Waals surface area contributed by atoms with E-state index in [0.717, 1.165) is 0 Å². The predicted molar refractivity (Wildman–Crippen MR) is 58.0 cm³/mol. The van der Waals surface area contributed by atoms with Gasteiger partial charge in [-0.25, -0.2) is 0 Å². The van der Waals surface area contributed by atoms with Crippen molar-refractivity contribution in [3.05, 3.63) is 0 Å². The lowest BCUT2D eigenvalue weighted by Crippen LogP contribution is -2.37. The molecular weight excluding hydrogens is 160 g/mol. The van der Waals surface area contributed by atoms with Crippen molar-refractivity contribution in [1.29, 1.82) is 0 Å². The first-order valence-electron chi connectivity index (χ1n) is 5.63. The highest BCUT2D eigenvalue weighted by atomic mass is 15.1. The van der Waals surface area contributed by atoms with E-state index in [1.165, 1.54) is 45.6 Å². The SMILES string of the molecule is CCCN(CC)CC1(C)CCNC1. The van der Waals surface area contributed by atoms with E-state index in [9.17, 15) is 0 Å². The smallest absolute Gasteiger partial charge is 0.00478 e. The van der Waals surface area contributed by atoms with Crippen molar-refractivity contribution in [2.24, 2.45) is 5.41 Å². The Bertz CT molecular complexity index is 139. The Hall–Kier alpha value is -0.0800. The predicted octanol–water partition coefficient (Wildman–Crippen LogP) is 1.72. The lowest BCUT2D eigenvalue weighted by Gasteiger charge is -2.30. The minimum Gasteiger partial charge on any atom is -0.316 e. The molecule has 2 heteroatoms. The van der Waals surface area contributed by atoms with Crippen molar-refractivity contribution >= 4 is 0 Å². The molecule has 1 rings (SSSR count). The van der Waals surface area contributed by atoms with Crippen LogP contribution in [-0.2, 0) is 0 Å². The summed E-state index contributed by atoms with van der Waals surface area (Å²) in [4.78, 5) is 2.58. The van der Waals surface area contributed by atoms with Crippen molar-refractivity contribution in [1.82, 2.24) is 10.2 Å². The standard InChI is InChI=1S/C11H24N2/c1-4-8-13(5-2)10-11(3)6-7-12-9-11/h12H,4-10H2,1-3H3. The molecule has 0 aromatic rings. The minimum absolute atomic E-state index is 0.533. The summed E-state index contributed by atoms with van der Waals surface area (Å²) in [5.74, 6) is 0. The van der Waals surface area contributed by atoms with Crippen LogP contribution in [0.4, 0.5) is 0 Å². The van der Waals surface area contributed by atoms with Crippen molar-refractivity contribution < 1.29 is 0 Å². The zero-order valence-corrected chi connectivity index (χ0v) is 9.40. The van der Waals surface area contributed by atoms with Crippen LogP contribution in [0.2, 0.25) is 0 Å². The van der Waals surface area contributed by atoms with Crippen LogP contribution in [0.5, 0.6) is 0 Å². The van der Waals surface area contributed by atoms with Crippen LogP contribution in [0, 0.1) is 5.41 Å². The zero-order valence-electron chi connectivity index (χ0n) is 9.40. The largest absolute Gasteiger partial charge is 0.316 e. The van der Waals surface area contributed by atoms with E-state index in [2.05, 4.69) is 31.0 Å². The van der Waals surface area contributed by atoms with Crippen LogP contribution in [0.25, 0.3) is 0 Å². The lowest BCUT2D eigenvalue weighted by atomic mass is 9.89. The Morgan fingerprint density at radius 3 is 2.62 bits per heavy atom. The van der Waals surface area contributed by atoms with Crippen LogP contribution in [0.15, 0.2) is 0 Å². The summed E-state index contributed by atoms with van der Waals surface area (Å²) in [6.45, 7) is 13.1. The number of nitrogens with zero attached hydrogens (tertiary/aromatic N) is 1. The molecule has 1 aliphatic heterocycles. The van der Waals surface area contributed by atoms with Gasteiger partial charge in [-0.3, -0.25) is 0 Å². The van der Waals surface area contributed by atoms with Gasteiger partial charge in [-0.1, -0.05) is 20.8 Å². The molecule has 1 atom stereocenters. The Balaban J connectivity index is 2.35. The highest BCUT2D eigenvalue weighted by molar-refractivity contribution is 4.86. The van der Waals surface area contributed by atoms with Crippen LogP contribution in [-0.4, -0.2) is 37.6 Å². The number of rotatable bonds is 5. The number of hydrogen-bond donors (Lipinski definition) is 1. The molecule has 0 aliphatic carbocycles. The molecule has 1 saturated heterocycles. The Morgan fingerprint density at radius 2 is 2.15 bits per heavy atom. The monoisotopic (exact) mass is 184 g/mol. The summed E-state index contributed by atoms with van der Waals surface area (Å²) >= 11 is 0. The van der Waals surface area contributed by atoms with Gasteiger partial charge in [-0.15, -0.1) is 0 Å². The highest BCUT2D eigenvalue weighted by Crippen LogP contribution is 2.25. The quantitative estimate of drug-likeness (QED) is 0.700. The van der Waals surface area contributed by atoms with Gasteiger partial charge in [0.25, 0.3) is 0 Å². The summed E-state index contributed by atoms with van der Waals surface area (Å²) in [5.41, 5.74) is 0.533. The number of hydrogen-bond acceptors (Lipinski definition) is 2. The molecule has 1 heterocycles. The molecule has 0 aromatic heterocycles. The maximum Gasteiger partial charge on any atom is 0.00478 e. The van der Waals surface area contributed by atoms with Gasteiger partial charge in [0.2, 0.25) is 0 Å². The molecule has 2 nitrogen and oxygen atoms in total. The van der Waals surface area contributed by atoms with Crippen molar-refractivity contribution in [2.75, 3.05) is 32.7 Å². The lowest BCUT2D eigenvalue weighted by molar-refractivity contribution is 0.185. The molecule has 0 spiro atoms. The summed E-state index contributed by atoms with van der Waals surface area (Å²) in [6.07, 6.45) is 2.62. The van der Waals surface area contributed by atoms with Crippen molar-refractivity contribution in [2.45, 2.75) is 33.6 Å². The van der Waals surface area contributed by atoms with Gasteiger partial charge < -0.3 is 10.2 Å². The van der Waals surface area contributed by atoms with E-state index in [1.54, 1.807) is 0 Å². The van der Waals surface area contributed by atoms with Crippen molar-refractivity contribution in [3.63, 3.8) is 0 Å². The van der Waals surface area contributed by atoms with E-state index in [4.69, 9.17) is 0 Å². The Kier molecular flexibility index (Phi) is 4.20. The van der Waals surface area contributed by atoms with Gasteiger partial charge in [0, 0.05) is 13.1 Å². The molecular formula is C11H24N2. The maximum atomic E-state index is 3.46. The fourth-order valence-corrected chi connectivity index (χ4v) is 2.21. The van der Waals surface area contributed by atoms with Gasteiger partial charge in [0.05, 0.1) is 0 Å². The third-order valence-corrected chi connectivity index (χ3v) is 3.05. The third-order valence-electron chi connectivity index (χ3n) is 3.05. The second-order valence-electron chi connectivity index (χ2n) is 4.61. The Labute approximate surface area is 82.7 Å². The van der Waals surface area contributed by atoms with E-state index in [1.807, 2.05) is 0 Å². The summed E-state index contributed by atoms with van der Waals surface area (Å²) in [5, 5.41) is 3.46. The normalized spacial score (nSPS) is 28.6. The Morgan fingerprint density at radius 1 is 1.38 bits per heavy atom. The molecule has 1 unspecified atom stereocenters. The summed E-state index contributed by atoms with van der Waals surface area (Å²) < 4.78 is 0. The fourth-order valence-electron chi connectivity index (χ4n) is 2.21. The van der Waals surface area contributed by atoms with E-state index >= 15 is 0 Å². The zero-order chi connectivity index (χ0) is 9.73. The fraction of sp³-hybridized carbons (Fsp3) is 1.00. The highest BCUT2D eigenvalue weighted by Gasteiger charge is 2.29. The third kappa shape index (κ3) is 3.28. The van der Waals surface area contributed by atoms with Crippen LogP contribution in [0.1, 0.15) is 33.6 Å². The first-order chi connectivity index (χ1) is 6.20. The van der Waals surface area contributed by atoms with E-state index in [-0.39, 0.29) is 0 Å². The molecule has 0 amide bonds. The second kappa shape index (κ2) is 4.97. The van der Waals surface area contributed by atoms with Gasteiger partial charge >= 0.3 is 0 Å². The first-order valence-corrected chi connectivity index (χ1v) is 5.63. The van der Waals surface area contributed by atoms with Gasteiger partial charge in [0.1, 0.15) is 0 Å². The average Bonchev–Trinajstić information content (AvgIpc) is 2.51.